The summed E-state index contributed by atoms with van der Waals surface area (Å²) < 4.78 is 1.32. The molecule has 4 rings (SSSR count). The van der Waals surface area contributed by atoms with E-state index in [1.165, 1.54) is 28.5 Å². The maximum absolute atomic E-state index is 4.39. The number of rotatable bonds is 6. The van der Waals surface area contributed by atoms with Crippen LogP contribution in [-0.4, -0.2) is 22.8 Å². The van der Waals surface area contributed by atoms with E-state index in [1.54, 1.807) is 22.7 Å². The molecular formula is C16H17N3S2. The van der Waals surface area contributed by atoms with Crippen molar-refractivity contribution >= 4 is 32.8 Å². The Balaban J connectivity index is 1.45. The second-order valence-electron chi connectivity index (χ2n) is 5.48. The number of nitrogens with zero attached hydrogens (tertiary/aromatic N) is 2. The SMILES string of the molecule is c1ccc2c(-c3nnc(CCCNC4CC4)s3)csc2c1. The summed E-state index contributed by atoms with van der Waals surface area (Å²) in [5.74, 6) is 0. The van der Waals surface area contributed by atoms with Gasteiger partial charge in [0.15, 0.2) is 0 Å². The minimum Gasteiger partial charge on any atom is -0.314 e. The van der Waals surface area contributed by atoms with Crippen LogP contribution in [0, 0.1) is 0 Å². The predicted molar refractivity (Wildman–Crippen MR) is 90.1 cm³/mol. The molecule has 0 bridgehead atoms. The van der Waals surface area contributed by atoms with E-state index in [1.807, 2.05) is 0 Å². The summed E-state index contributed by atoms with van der Waals surface area (Å²) in [5.41, 5.74) is 1.23. The molecule has 1 aliphatic rings. The number of aromatic nitrogens is 2. The van der Waals surface area contributed by atoms with Crippen molar-refractivity contribution in [2.75, 3.05) is 6.54 Å². The van der Waals surface area contributed by atoms with Gasteiger partial charge in [0.1, 0.15) is 10.0 Å². The van der Waals surface area contributed by atoms with E-state index >= 15 is 0 Å². The second kappa shape index (κ2) is 5.83. The molecule has 0 atom stereocenters. The number of hydrogen-bond acceptors (Lipinski definition) is 5. The topological polar surface area (TPSA) is 37.8 Å². The van der Waals surface area contributed by atoms with Crippen LogP contribution in [0.4, 0.5) is 0 Å². The lowest BCUT2D eigenvalue weighted by atomic mass is 10.2. The lowest BCUT2D eigenvalue weighted by molar-refractivity contribution is 0.643. The van der Waals surface area contributed by atoms with Gasteiger partial charge in [0, 0.05) is 33.5 Å². The summed E-state index contributed by atoms with van der Waals surface area (Å²) in [5, 5.41) is 18.0. The molecule has 0 aliphatic heterocycles. The second-order valence-corrected chi connectivity index (χ2v) is 7.45. The van der Waals surface area contributed by atoms with Crippen LogP contribution in [0.25, 0.3) is 20.7 Å². The van der Waals surface area contributed by atoms with E-state index in [0.717, 1.165) is 35.4 Å². The summed E-state index contributed by atoms with van der Waals surface area (Å²) in [6.45, 7) is 1.10. The molecule has 1 saturated carbocycles. The zero-order valence-corrected chi connectivity index (χ0v) is 13.3. The molecule has 0 unspecified atom stereocenters. The van der Waals surface area contributed by atoms with Gasteiger partial charge in [-0.2, -0.15) is 0 Å². The third-order valence-corrected chi connectivity index (χ3v) is 5.74. The van der Waals surface area contributed by atoms with Crippen molar-refractivity contribution in [2.45, 2.75) is 31.7 Å². The molecule has 5 heteroatoms. The molecule has 2 aromatic heterocycles. The van der Waals surface area contributed by atoms with Crippen molar-refractivity contribution in [3.63, 3.8) is 0 Å². The van der Waals surface area contributed by atoms with Crippen LogP contribution in [0.2, 0.25) is 0 Å². The molecule has 3 nitrogen and oxygen atoms in total. The van der Waals surface area contributed by atoms with Crippen molar-refractivity contribution < 1.29 is 0 Å². The normalized spacial score (nSPS) is 14.9. The van der Waals surface area contributed by atoms with E-state index in [0.29, 0.717) is 0 Å². The molecule has 2 heterocycles. The van der Waals surface area contributed by atoms with Crippen LogP contribution in [0.5, 0.6) is 0 Å². The lowest BCUT2D eigenvalue weighted by Gasteiger charge is -1.99. The molecule has 3 aromatic rings. The van der Waals surface area contributed by atoms with Crippen LogP contribution in [0.3, 0.4) is 0 Å². The van der Waals surface area contributed by atoms with E-state index in [2.05, 4.69) is 45.2 Å². The van der Waals surface area contributed by atoms with Gasteiger partial charge in [0.2, 0.25) is 0 Å². The Kier molecular flexibility index (Phi) is 3.71. The number of nitrogens with one attached hydrogen (secondary N) is 1. The molecule has 1 aliphatic carbocycles. The standard InChI is InChI=1S/C16H17N3S2/c1-2-5-14-12(4-1)13(10-20-14)16-19-18-15(21-16)6-3-9-17-11-7-8-11/h1-2,4-5,10-11,17H,3,6-9H2. The first-order valence-electron chi connectivity index (χ1n) is 7.42. The third-order valence-electron chi connectivity index (χ3n) is 3.76. The number of aryl methyl sites for hydroxylation is 1. The zero-order chi connectivity index (χ0) is 14.1. The maximum Gasteiger partial charge on any atom is 0.149 e. The highest BCUT2D eigenvalue weighted by Gasteiger charge is 2.19. The number of thiophene rings is 1. The van der Waals surface area contributed by atoms with Crippen LogP contribution >= 0.6 is 22.7 Å². The van der Waals surface area contributed by atoms with Gasteiger partial charge in [0.05, 0.1) is 0 Å². The Bertz CT molecular complexity index is 743. The molecule has 0 radical (unpaired) electrons. The Morgan fingerprint density at radius 2 is 2.10 bits per heavy atom. The zero-order valence-electron chi connectivity index (χ0n) is 11.7. The molecule has 0 saturated heterocycles. The number of fused-ring (bicyclic) bond motifs is 1. The van der Waals surface area contributed by atoms with Gasteiger partial charge in [-0.3, -0.25) is 0 Å². The van der Waals surface area contributed by atoms with Gasteiger partial charge in [-0.05, 0) is 31.9 Å². The highest BCUT2D eigenvalue weighted by atomic mass is 32.1. The third kappa shape index (κ3) is 3.00. The molecule has 1 N–H and O–H groups in total. The van der Waals surface area contributed by atoms with Crippen LogP contribution in [0.1, 0.15) is 24.3 Å². The van der Waals surface area contributed by atoms with Gasteiger partial charge in [-0.25, -0.2) is 0 Å². The highest BCUT2D eigenvalue weighted by Crippen LogP contribution is 2.35. The first-order valence-corrected chi connectivity index (χ1v) is 9.12. The summed E-state index contributed by atoms with van der Waals surface area (Å²) in [4.78, 5) is 0. The minimum absolute atomic E-state index is 0.798. The fourth-order valence-electron chi connectivity index (χ4n) is 2.44. The van der Waals surface area contributed by atoms with Crippen molar-refractivity contribution in [3.05, 3.63) is 34.7 Å². The first kappa shape index (κ1) is 13.4. The molecule has 1 aromatic carbocycles. The highest BCUT2D eigenvalue weighted by molar-refractivity contribution is 7.19. The number of benzene rings is 1. The van der Waals surface area contributed by atoms with E-state index in [-0.39, 0.29) is 0 Å². The maximum atomic E-state index is 4.39. The molecule has 1 fully saturated rings. The predicted octanol–water partition coefficient (Wildman–Crippen LogP) is 4.10. The molecule has 108 valence electrons. The average Bonchev–Trinajstić information content (AvgIpc) is 3.06. The fourth-order valence-corrected chi connectivity index (χ4v) is 4.37. The summed E-state index contributed by atoms with van der Waals surface area (Å²) in [6, 6.07) is 9.30. The van der Waals surface area contributed by atoms with Gasteiger partial charge < -0.3 is 5.32 Å². The van der Waals surface area contributed by atoms with E-state index < -0.39 is 0 Å². The van der Waals surface area contributed by atoms with Gasteiger partial charge in [-0.15, -0.1) is 21.5 Å². The molecule has 0 amide bonds. The Morgan fingerprint density at radius 1 is 1.19 bits per heavy atom. The van der Waals surface area contributed by atoms with E-state index in [4.69, 9.17) is 0 Å². The quantitative estimate of drug-likeness (QED) is 0.696. The number of hydrogen-bond donors (Lipinski definition) is 1. The Hall–Kier alpha value is -1.30. The van der Waals surface area contributed by atoms with Crippen molar-refractivity contribution in [1.29, 1.82) is 0 Å². The monoisotopic (exact) mass is 315 g/mol. The first-order chi connectivity index (χ1) is 10.4. The van der Waals surface area contributed by atoms with Crippen molar-refractivity contribution in [2.24, 2.45) is 0 Å². The Morgan fingerprint density at radius 3 is 3.00 bits per heavy atom. The lowest BCUT2D eigenvalue weighted by Crippen LogP contribution is -2.17. The fraction of sp³-hybridized carbons (Fsp3) is 0.375. The average molecular weight is 315 g/mol. The molecule has 21 heavy (non-hydrogen) atoms. The molecular weight excluding hydrogens is 298 g/mol. The summed E-state index contributed by atoms with van der Waals surface area (Å²) in [7, 11) is 0. The minimum atomic E-state index is 0.798. The van der Waals surface area contributed by atoms with Crippen molar-refractivity contribution in [1.82, 2.24) is 15.5 Å². The van der Waals surface area contributed by atoms with Gasteiger partial charge >= 0.3 is 0 Å². The van der Waals surface area contributed by atoms with Crippen LogP contribution in [-0.2, 0) is 6.42 Å². The van der Waals surface area contributed by atoms with Crippen LogP contribution in [0.15, 0.2) is 29.6 Å². The molecule has 0 spiro atoms. The largest absolute Gasteiger partial charge is 0.314 e. The summed E-state index contributed by atoms with van der Waals surface area (Å²) >= 11 is 3.52. The smallest absolute Gasteiger partial charge is 0.149 e. The van der Waals surface area contributed by atoms with Gasteiger partial charge in [0.25, 0.3) is 0 Å². The summed E-state index contributed by atoms with van der Waals surface area (Å²) in [6.07, 6.45) is 4.89. The van der Waals surface area contributed by atoms with Crippen LogP contribution < -0.4 is 5.32 Å². The van der Waals surface area contributed by atoms with E-state index in [9.17, 15) is 0 Å². The van der Waals surface area contributed by atoms with Crippen molar-refractivity contribution in [3.8, 4) is 10.6 Å². The van der Waals surface area contributed by atoms with Gasteiger partial charge in [-0.1, -0.05) is 29.5 Å². The Labute approximate surface area is 132 Å².